The summed E-state index contributed by atoms with van der Waals surface area (Å²) in [7, 11) is 1.65. The Bertz CT molecular complexity index is 1120. The van der Waals surface area contributed by atoms with E-state index in [0.29, 0.717) is 18.7 Å². The Morgan fingerprint density at radius 1 is 0.966 bits per heavy atom. The summed E-state index contributed by atoms with van der Waals surface area (Å²) in [6.45, 7) is 1.13. The average molecular weight is 404 g/mol. The molecule has 0 bridgehead atoms. The van der Waals surface area contributed by atoms with Gasteiger partial charge in [-0.05, 0) is 59.1 Å². The van der Waals surface area contributed by atoms with Crippen LogP contribution in [0.5, 0.6) is 5.75 Å². The third kappa shape index (κ3) is 4.38. The fourth-order valence-electron chi connectivity index (χ4n) is 3.09. The summed E-state index contributed by atoms with van der Waals surface area (Å²) in [4.78, 5) is 12.4. The molecule has 0 atom stereocenters. The van der Waals surface area contributed by atoms with Crippen molar-refractivity contribution in [2.24, 2.45) is 0 Å². The third-order valence-corrected chi connectivity index (χ3v) is 5.46. The van der Waals surface area contributed by atoms with E-state index in [0.717, 1.165) is 32.8 Å². The van der Waals surface area contributed by atoms with Gasteiger partial charge in [0, 0.05) is 24.0 Å². The van der Waals surface area contributed by atoms with Gasteiger partial charge >= 0.3 is 0 Å². The number of rotatable bonds is 7. The van der Waals surface area contributed by atoms with Crippen molar-refractivity contribution in [2.45, 2.75) is 0 Å². The van der Waals surface area contributed by atoms with Gasteiger partial charge in [-0.1, -0.05) is 36.4 Å². The molecule has 1 amide bonds. The van der Waals surface area contributed by atoms with Crippen LogP contribution in [-0.4, -0.2) is 30.5 Å². The van der Waals surface area contributed by atoms with Crippen LogP contribution in [0.15, 0.2) is 72.8 Å². The maximum atomic E-state index is 12.4. The molecule has 0 saturated heterocycles. The number of nitrogens with zero attached hydrogens (tertiary/aromatic N) is 1. The second-order valence-electron chi connectivity index (χ2n) is 6.52. The molecule has 5 nitrogen and oxygen atoms in total. The molecule has 0 aliphatic carbocycles. The molecule has 0 saturated carbocycles. The van der Waals surface area contributed by atoms with E-state index in [1.54, 1.807) is 7.11 Å². The van der Waals surface area contributed by atoms with E-state index in [4.69, 9.17) is 4.74 Å². The molecule has 4 rings (SSSR count). The zero-order chi connectivity index (χ0) is 20.1. The number of hydrogen-bond acceptors (Lipinski definition) is 5. The molecule has 4 aromatic rings. The molecule has 0 aliphatic rings. The van der Waals surface area contributed by atoms with Crippen LogP contribution in [0.25, 0.3) is 21.2 Å². The first kappa shape index (κ1) is 19.0. The minimum atomic E-state index is -0.0906. The second kappa shape index (κ2) is 8.75. The predicted molar refractivity (Wildman–Crippen MR) is 119 cm³/mol. The summed E-state index contributed by atoms with van der Waals surface area (Å²) in [5.74, 6) is 1.58. The van der Waals surface area contributed by atoms with Crippen molar-refractivity contribution in [3.05, 3.63) is 78.4 Å². The normalized spacial score (nSPS) is 10.7. The molecule has 3 aromatic carbocycles. The minimum Gasteiger partial charge on any atom is -0.497 e. The summed E-state index contributed by atoms with van der Waals surface area (Å²) < 4.78 is 10.8. The van der Waals surface area contributed by atoms with Crippen LogP contribution in [0.4, 0.5) is 5.82 Å². The summed E-state index contributed by atoms with van der Waals surface area (Å²) in [5, 5.41) is 7.34. The highest BCUT2D eigenvalue weighted by Gasteiger charge is 2.07. The summed E-state index contributed by atoms with van der Waals surface area (Å²) in [6.07, 6.45) is 0. The van der Waals surface area contributed by atoms with Gasteiger partial charge in [0.25, 0.3) is 5.91 Å². The van der Waals surface area contributed by atoms with Gasteiger partial charge in [-0.2, -0.15) is 4.37 Å². The SMILES string of the molecule is COc1cccc(-c2ccc(C(=O)NCCNc3nsc4ccccc34)cc2)c1. The molecule has 0 radical (unpaired) electrons. The van der Waals surface area contributed by atoms with Crippen molar-refractivity contribution in [3.8, 4) is 16.9 Å². The number of carbonyl (C=O) groups excluding carboxylic acids is 1. The Balaban J connectivity index is 1.31. The predicted octanol–water partition coefficient (Wildman–Crippen LogP) is 4.81. The second-order valence-corrected chi connectivity index (χ2v) is 7.32. The largest absolute Gasteiger partial charge is 0.497 e. The van der Waals surface area contributed by atoms with E-state index in [9.17, 15) is 4.79 Å². The van der Waals surface area contributed by atoms with E-state index < -0.39 is 0 Å². The van der Waals surface area contributed by atoms with Crippen LogP contribution in [-0.2, 0) is 0 Å². The zero-order valence-electron chi connectivity index (χ0n) is 16.0. The number of anilines is 1. The number of nitrogens with one attached hydrogen (secondary N) is 2. The van der Waals surface area contributed by atoms with Gasteiger partial charge in [0.05, 0.1) is 11.8 Å². The number of carbonyl (C=O) groups is 1. The lowest BCUT2D eigenvalue weighted by molar-refractivity contribution is 0.0955. The monoisotopic (exact) mass is 403 g/mol. The minimum absolute atomic E-state index is 0.0906. The van der Waals surface area contributed by atoms with Gasteiger partial charge in [-0.3, -0.25) is 4.79 Å². The first-order valence-electron chi connectivity index (χ1n) is 9.35. The molecule has 0 fully saturated rings. The van der Waals surface area contributed by atoms with Crippen molar-refractivity contribution < 1.29 is 9.53 Å². The Labute approximate surface area is 173 Å². The third-order valence-electron chi connectivity index (χ3n) is 4.63. The van der Waals surface area contributed by atoms with E-state index >= 15 is 0 Å². The van der Waals surface area contributed by atoms with Gasteiger partial charge in [-0.15, -0.1) is 0 Å². The Morgan fingerprint density at radius 3 is 2.62 bits per heavy atom. The topological polar surface area (TPSA) is 63.2 Å². The Kier molecular flexibility index (Phi) is 5.72. The fraction of sp³-hybridized carbons (Fsp3) is 0.130. The summed E-state index contributed by atoms with van der Waals surface area (Å²) in [6, 6.07) is 23.5. The smallest absolute Gasteiger partial charge is 0.251 e. The zero-order valence-corrected chi connectivity index (χ0v) is 16.8. The number of ether oxygens (including phenoxy) is 1. The maximum Gasteiger partial charge on any atom is 0.251 e. The van der Waals surface area contributed by atoms with Crippen LogP contribution < -0.4 is 15.4 Å². The van der Waals surface area contributed by atoms with Gasteiger partial charge in [0.1, 0.15) is 11.6 Å². The van der Waals surface area contributed by atoms with Crippen LogP contribution in [0, 0.1) is 0 Å². The highest BCUT2D eigenvalue weighted by atomic mass is 32.1. The van der Waals surface area contributed by atoms with Crippen LogP contribution >= 0.6 is 11.5 Å². The molecule has 29 heavy (non-hydrogen) atoms. The van der Waals surface area contributed by atoms with E-state index in [2.05, 4.69) is 21.1 Å². The van der Waals surface area contributed by atoms with Crippen molar-refractivity contribution in [1.82, 2.24) is 9.69 Å². The lowest BCUT2D eigenvalue weighted by Gasteiger charge is -2.08. The molecule has 0 spiro atoms. The molecule has 2 N–H and O–H groups in total. The number of methoxy groups -OCH3 is 1. The first-order chi connectivity index (χ1) is 14.2. The Hall–Kier alpha value is -3.38. The molecule has 0 unspecified atom stereocenters. The van der Waals surface area contributed by atoms with Crippen molar-refractivity contribution >= 4 is 33.3 Å². The number of fused-ring (bicyclic) bond motifs is 1. The summed E-state index contributed by atoms with van der Waals surface area (Å²) in [5.41, 5.74) is 2.73. The molecule has 1 aromatic heterocycles. The van der Waals surface area contributed by atoms with Gasteiger partial charge < -0.3 is 15.4 Å². The average Bonchev–Trinajstić information content (AvgIpc) is 3.20. The molecule has 0 aliphatic heterocycles. The van der Waals surface area contributed by atoms with Gasteiger partial charge in [0.15, 0.2) is 0 Å². The van der Waals surface area contributed by atoms with E-state index in [-0.39, 0.29) is 5.91 Å². The molecule has 1 heterocycles. The van der Waals surface area contributed by atoms with Gasteiger partial charge in [-0.25, -0.2) is 0 Å². The standard InChI is InChI=1S/C23H21N3O2S/c1-28-19-6-4-5-18(15-19)16-9-11-17(12-10-16)23(27)25-14-13-24-22-20-7-2-3-8-21(20)29-26-22/h2-12,15H,13-14H2,1H3,(H,24,26)(H,25,27). The van der Waals surface area contributed by atoms with Crippen molar-refractivity contribution in [1.29, 1.82) is 0 Å². The fourth-order valence-corrected chi connectivity index (χ4v) is 3.84. The molecular weight excluding hydrogens is 382 g/mol. The number of amides is 1. The highest BCUT2D eigenvalue weighted by Crippen LogP contribution is 2.26. The van der Waals surface area contributed by atoms with Crippen LogP contribution in [0.1, 0.15) is 10.4 Å². The maximum absolute atomic E-state index is 12.4. The van der Waals surface area contributed by atoms with E-state index in [1.165, 1.54) is 11.5 Å². The lowest BCUT2D eigenvalue weighted by atomic mass is 10.0. The van der Waals surface area contributed by atoms with Crippen LogP contribution in [0.3, 0.4) is 0 Å². The van der Waals surface area contributed by atoms with Crippen molar-refractivity contribution in [2.75, 3.05) is 25.5 Å². The number of hydrogen-bond donors (Lipinski definition) is 2. The molecular formula is C23H21N3O2S. The number of benzene rings is 3. The molecule has 146 valence electrons. The molecule has 6 heteroatoms. The highest BCUT2D eigenvalue weighted by molar-refractivity contribution is 7.13. The Morgan fingerprint density at radius 2 is 1.79 bits per heavy atom. The summed E-state index contributed by atoms with van der Waals surface area (Å²) >= 11 is 1.47. The quantitative estimate of drug-likeness (QED) is 0.435. The van der Waals surface area contributed by atoms with Gasteiger partial charge in [0.2, 0.25) is 0 Å². The number of aromatic nitrogens is 1. The van der Waals surface area contributed by atoms with E-state index in [1.807, 2.05) is 66.7 Å². The first-order valence-corrected chi connectivity index (χ1v) is 10.1. The van der Waals surface area contributed by atoms with Crippen molar-refractivity contribution in [3.63, 3.8) is 0 Å². The lowest BCUT2D eigenvalue weighted by Crippen LogP contribution is -2.28. The van der Waals surface area contributed by atoms with Crippen LogP contribution in [0.2, 0.25) is 0 Å².